The van der Waals surface area contributed by atoms with E-state index in [4.69, 9.17) is 18.9 Å². The normalized spacial score (nSPS) is 13.7. The highest BCUT2D eigenvalue weighted by Crippen LogP contribution is 2.42. The van der Waals surface area contributed by atoms with Gasteiger partial charge in [-0.25, -0.2) is 0 Å². The third-order valence-corrected chi connectivity index (χ3v) is 4.19. The summed E-state index contributed by atoms with van der Waals surface area (Å²) < 4.78 is 22.1. The molecule has 0 fully saturated rings. The fraction of sp³-hybridized carbons (Fsp3) is 0.368. The van der Waals surface area contributed by atoms with E-state index in [0.29, 0.717) is 6.61 Å². The van der Waals surface area contributed by atoms with E-state index >= 15 is 0 Å². The van der Waals surface area contributed by atoms with Crippen LogP contribution in [0.5, 0.6) is 23.0 Å². The van der Waals surface area contributed by atoms with Crippen LogP contribution in [0.2, 0.25) is 0 Å². The van der Waals surface area contributed by atoms with Crippen molar-refractivity contribution >= 4 is 0 Å². The molecular formula is C19H22O4. The molecule has 0 radical (unpaired) electrons. The van der Waals surface area contributed by atoms with Crippen LogP contribution in [-0.2, 0) is 0 Å². The summed E-state index contributed by atoms with van der Waals surface area (Å²) in [5.74, 6) is 3.45. The molecule has 1 atom stereocenters. The Hall–Kier alpha value is -2.36. The Kier molecular flexibility index (Phi) is 4.33. The second kappa shape index (κ2) is 6.41. The van der Waals surface area contributed by atoms with Crippen molar-refractivity contribution in [3.63, 3.8) is 0 Å². The molecule has 4 heteroatoms. The molecule has 0 spiro atoms. The maximum atomic E-state index is 5.82. The first kappa shape index (κ1) is 15.5. The molecule has 122 valence electrons. The zero-order valence-corrected chi connectivity index (χ0v) is 14.0. The summed E-state index contributed by atoms with van der Waals surface area (Å²) in [6.45, 7) is 7.08. The first-order chi connectivity index (χ1) is 11.1. The number of aryl methyl sites for hydroxylation is 1. The number of hydrogen-bond donors (Lipinski definition) is 0. The number of rotatable bonds is 5. The molecule has 1 unspecified atom stereocenters. The minimum Gasteiger partial charge on any atom is -0.496 e. The Labute approximate surface area is 136 Å². The van der Waals surface area contributed by atoms with Crippen molar-refractivity contribution in [2.75, 3.05) is 20.5 Å². The summed E-state index contributed by atoms with van der Waals surface area (Å²) in [6, 6.07) is 10.2. The van der Waals surface area contributed by atoms with Crippen LogP contribution in [0.1, 0.15) is 36.5 Å². The molecule has 0 amide bonds. The van der Waals surface area contributed by atoms with Crippen LogP contribution in [0.15, 0.2) is 30.3 Å². The predicted molar refractivity (Wildman–Crippen MR) is 89.0 cm³/mol. The van der Waals surface area contributed by atoms with Gasteiger partial charge in [0.2, 0.25) is 6.79 Å². The number of ether oxygens (including phenoxy) is 4. The van der Waals surface area contributed by atoms with Crippen molar-refractivity contribution in [1.29, 1.82) is 0 Å². The van der Waals surface area contributed by atoms with E-state index < -0.39 is 0 Å². The third-order valence-electron chi connectivity index (χ3n) is 4.19. The topological polar surface area (TPSA) is 36.9 Å². The molecule has 1 aliphatic heterocycles. The lowest BCUT2D eigenvalue weighted by Crippen LogP contribution is -2.03. The summed E-state index contributed by atoms with van der Waals surface area (Å²) in [4.78, 5) is 0. The lowest BCUT2D eigenvalue weighted by Gasteiger charge is -2.19. The van der Waals surface area contributed by atoms with Crippen LogP contribution in [0, 0.1) is 6.92 Å². The van der Waals surface area contributed by atoms with Gasteiger partial charge in [-0.3, -0.25) is 0 Å². The highest BCUT2D eigenvalue weighted by molar-refractivity contribution is 5.55. The van der Waals surface area contributed by atoms with Crippen molar-refractivity contribution in [3.8, 4) is 23.0 Å². The van der Waals surface area contributed by atoms with Crippen LogP contribution in [-0.4, -0.2) is 20.5 Å². The molecule has 1 heterocycles. The highest BCUT2D eigenvalue weighted by atomic mass is 16.7. The summed E-state index contributed by atoms with van der Waals surface area (Å²) in [5.41, 5.74) is 3.43. The van der Waals surface area contributed by atoms with Gasteiger partial charge in [0.05, 0.1) is 13.7 Å². The van der Waals surface area contributed by atoms with Crippen molar-refractivity contribution < 1.29 is 18.9 Å². The maximum Gasteiger partial charge on any atom is 0.231 e. The van der Waals surface area contributed by atoms with Gasteiger partial charge in [0, 0.05) is 17.5 Å². The Morgan fingerprint density at radius 3 is 2.48 bits per heavy atom. The van der Waals surface area contributed by atoms with E-state index in [2.05, 4.69) is 26.0 Å². The SMILES string of the molecule is CCOc1cc2c(cc1C(C)c1ccc(OC)c(C)c1)OCO2. The largest absolute Gasteiger partial charge is 0.496 e. The van der Waals surface area contributed by atoms with Crippen molar-refractivity contribution in [1.82, 2.24) is 0 Å². The zero-order valence-electron chi connectivity index (χ0n) is 14.0. The molecule has 3 rings (SSSR count). The van der Waals surface area contributed by atoms with E-state index in [1.54, 1.807) is 7.11 Å². The Balaban J connectivity index is 2.01. The van der Waals surface area contributed by atoms with Gasteiger partial charge in [-0.15, -0.1) is 0 Å². The molecule has 2 aromatic carbocycles. The van der Waals surface area contributed by atoms with E-state index in [-0.39, 0.29) is 12.7 Å². The molecule has 1 aliphatic rings. The predicted octanol–water partition coefficient (Wildman–Crippen LogP) is 4.28. The minimum absolute atomic E-state index is 0.177. The fourth-order valence-electron chi connectivity index (χ4n) is 2.91. The van der Waals surface area contributed by atoms with Crippen LogP contribution < -0.4 is 18.9 Å². The zero-order chi connectivity index (χ0) is 16.4. The van der Waals surface area contributed by atoms with Crippen LogP contribution in [0.4, 0.5) is 0 Å². The molecule has 0 aliphatic carbocycles. The smallest absolute Gasteiger partial charge is 0.231 e. The van der Waals surface area contributed by atoms with Crippen LogP contribution in [0.3, 0.4) is 0 Å². The minimum atomic E-state index is 0.177. The van der Waals surface area contributed by atoms with Gasteiger partial charge in [-0.1, -0.05) is 19.1 Å². The van der Waals surface area contributed by atoms with Crippen molar-refractivity contribution in [2.45, 2.75) is 26.7 Å². The lowest BCUT2D eigenvalue weighted by atomic mass is 9.91. The molecular weight excluding hydrogens is 292 g/mol. The molecule has 0 aromatic heterocycles. The highest BCUT2D eigenvalue weighted by Gasteiger charge is 2.22. The molecule has 0 bridgehead atoms. The second-order valence-electron chi connectivity index (χ2n) is 5.63. The summed E-state index contributed by atoms with van der Waals surface area (Å²) >= 11 is 0. The van der Waals surface area contributed by atoms with E-state index in [1.165, 1.54) is 5.56 Å². The van der Waals surface area contributed by atoms with Crippen LogP contribution >= 0.6 is 0 Å². The Morgan fingerprint density at radius 1 is 1.09 bits per heavy atom. The molecule has 0 saturated carbocycles. The number of methoxy groups -OCH3 is 1. The summed E-state index contributed by atoms with van der Waals surface area (Å²) in [7, 11) is 1.69. The first-order valence-electron chi connectivity index (χ1n) is 7.85. The van der Waals surface area contributed by atoms with Gasteiger partial charge in [-0.05, 0) is 37.1 Å². The average Bonchev–Trinajstić information content (AvgIpc) is 3.01. The van der Waals surface area contributed by atoms with Crippen molar-refractivity contribution in [2.24, 2.45) is 0 Å². The van der Waals surface area contributed by atoms with Gasteiger partial charge in [0.1, 0.15) is 11.5 Å². The molecule has 2 aromatic rings. The first-order valence-corrected chi connectivity index (χ1v) is 7.85. The van der Waals surface area contributed by atoms with E-state index in [9.17, 15) is 0 Å². The van der Waals surface area contributed by atoms with Gasteiger partial charge < -0.3 is 18.9 Å². The molecule has 0 saturated heterocycles. The molecule has 0 N–H and O–H groups in total. The lowest BCUT2D eigenvalue weighted by molar-refractivity contribution is 0.173. The second-order valence-corrected chi connectivity index (χ2v) is 5.63. The Morgan fingerprint density at radius 2 is 1.83 bits per heavy atom. The standard InChI is InChI=1S/C19H22O4/c1-5-21-17-10-19-18(22-11-23-19)9-15(17)13(3)14-6-7-16(20-4)12(2)8-14/h6-10,13H,5,11H2,1-4H3. The molecule has 4 nitrogen and oxygen atoms in total. The van der Waals surface area contributed by atoms with E-state index in [1.807, 2.05) is 25.1 Å². The number of hydrogen-bond acceptors (Lipinski definition) is 4. The van der Waals surface area contributed by atoms with Gasteiger partial charge >= 0.3 is 0 Å². The Bertz CT molecular complexity index is 709. The maximum absolute atomic E-state index is 5.82. The summed E-state index contributed by atoms with van der Waals surface area (Å²) in [5, 5.41) is 0. The quantitative estimate of drug-likeness (QED) is 0.825. The fourth-order valence-corrected chi connectivity index (χ4v) is 2.91. The van der Waals surface area contributed by atoms with Gasteiger partial charge in [0.25, 0.3) is 0 Å². The van der Waals surface area contributed by atoms with Gasteiger partial charge in [-0.2, -0.15) is 0 Å². The third kappa shape index (κ3) is 2.93. The number of benzene rings is 2. The molecule has 23 heavy (non-hydrogen) atoms. The van der Waals surface area contributed by atoms with E-state index in [0.717, 1.165) is 34.1 Å². The average molecular weight is 314 g/mol. The summed E-state index contributed by atoms with van der Waals surface area (Å²) in [6.07, 6.45) is 0. The van der Waals surface area contributed by atoms with Crippen LogP contribution in [0.25, 0.3) is 0 Å². The van der Waals surface area contributed by atoms with Gasteiger partial charge in [0.15, 0.2) is 11.5 Å². The monoisotopic (exact) mass is 314 g/mol. The number of fused-ring (bicyclic) bond motifs is 1. The van der Waals surface area contributed by atoms with Crippen molar-refractivity contribution in [3.05, 3.63) is 47.0 Å².